The van der Waals surface area contributed by atoms with E-state index in [-0.39, 0.29) is 16.4 Å². The number of hydrogen-bond acceptors (Lipinski definition) is 5. The minimum Gasteiger partial charge on any atom is -0.497 e. The normalized spacial score (nSPS) is 11.6. The van der Waals surface area contributed by atoms with Crippen LogP contribution in [0.15, 0.2) is 67.0 Å². The first-order chi connectivity index (χ1) is 18.1. The molecular formula is C25H17Cl2F3N6O2. The number of carbonyl (C=O) groups is 1. The van der Waals surface area contributed by atoms with Gasteiger partial charge in [0, 0.05) is 16.8 Å². The number of anilines is 1. The molecule has 38 heavy (non-hydrogen) atoms. The van der Waals surface area contributed by atoms with Gasteiger partial charge in [0.25, 0.3) is 5.91 Å². The third-order valence-corrected chi connectivity index (χ3v) is 6.11. The molecule has 0 fully saturated rings. The Hall–Kier alpha value is -4.09. The maximum Gasteiger partial charge on any atom is 0.433 e. The molecule has 0 spiro atoms. The summed E-state index contributed by atoms with van der Waals surface area (Å²) in [6, 6.07) is 14.4. The average molecular weight is 561 g/mol. The molecule has 1 N–H and O–H groups in total. The number of benzene rings is 2. The lowest BCUT2D eigenvalue weighted by molar-refractivity contribution is -0.142. The zero-order valence-corrected chi connectivity index (χ0v) is 21.0. The molecule has 0 bridgehead atoms. The lowest BCUT2D eigenvalue weighted by Crippen LogP contribution is -2.15. The van der Waals surface area contributed by atoms with E-state index in [9.17, 15) is 18.0 Å². The zero-order valence-electron chi connectivity index (χ0n) is 19.5. The van der Waals surface area contributed by atoms with Gasteiger partial charge in [-0.25, -0.2) is 9.50 Å². The van der Waals surface area contributed by atoms with E-state index in [1.54, 1.807) is 47.3 Å². The van der Waals surface area contributed by atoms with E-state index < -0.39 is 23.5 Å². The van der Waals surface area contributed by atoms with Crippen molar-refractivity contribution in [1.29, 1.82) is 0 Å². The van der Waals surface area contributed by atoms with Crippen molar-refractivity contribution in [2.75, 3.05) is 12.4 Å². The van der Waals surface area contributed by atoms with E-state index in [4.69, 9.17) is 27.9 Å². The number of carbonyl (C=O) groups excluding carboxylic acids is 1. The number of amides is 1. The monoisotopic (exact) mass is 560 g/mol. The van der Waals surface area contributed by atoms with E-state index in [2.05, 4.69) is 20.5 Å². The molecule has 13 heteroatoms. The van der Waals surface area contributed by atoms with Crippen LogP contribution < -0.4 is 10.1 Å². The quantitative estimate of drug-likeness (QED) is 0.266. The summed E-state index contributed by atoms with van der Waals surface area (Å²) in [4.78, 5) is 17.2. The minimum atomic E-state index is -4.81. The Labute approximate surface area is 223 Å². The van der Waals surface area contributed by atoms with Crippen LogP contribution in [0.2, 0.25) is 10.0 Å². The molecule has 8 nitrogen and oxygen atoms in total. The lowest BCUT2D eigenvalue weighted by atomic mass is 10.1. The van der Waals surface area contributed by atoms with Gasteiger partial charge in [0.2, 0.25) is 0 Å². The third-order valence-electron chi connectivity index (χ3n) is 5.53. The Balaban J connectivity index is 1.47. The molecule has 0 radical (unpaired) electrons. The van der Waals surface area contributed by atoms with Crippen molar-refractivity contribution < 1.29 is 22.7 Å². The van der Waals surface area contributed by atoms with Crippen LogP contribution in [0.25, 0.3) is 16.9 Å². The van der Waals surface area contributed by atoms with Gasteiger partial charge in [-0.3, -0.25) is 9.48 Å². The molecule has 3 aromatic heterocycles. The predicted octanol–water partition coefficient (Wildman–Crippen LogP) is 6.23. The molecule has 0 saturated heterocycles. The smallest absolute Gasteiger partial charge is 0.433 e. The Morgan fingerprint density at radius 3 is 2.63 bits per heavy atom. The van der Waals surface area contributed by atoms with Gasteiger partial charge in [0.1, 0.15) is 10.8 Å². The molecule has 1 amide bonds. The first kappa shape index (κ1) is 25.6. The van der Waals surface area contributed by atoms with E-state index in [0.29, 0.717) is 33.1 Å². The van der Waals surface area contributed by atoms with E-state index >= 15 is 0 Å². The Morgan fingerprint density at radius 1 is 1.11 bits per heavy atom. The molecule has 0 saturated carbocycles. The maximum absolute atomic E-state index is 14.0. The van der Waals surface area contributed by atoms with Gasteiger partial charge in [-0.2, -0.15) is 23.4 Å². The standard InChI is InChI=1S/C25H17Cl2F3N6O2/c1-38-18-7-3-5-15(9-18)19-10-20(25(28,29)30)36-23(33-19)21(27)22(34-36)24(37)32-17-11-31-35(13-17)12-14-4-2-6-16(26)8-14/h2-11,13H,12H2,1H3,(H,32,37). The molecule has 3 heterocycles. The zero-order chi connectivity index (χ0) is 27.0. The second-order valence-corrected chi connectivity index (χ2v) is 8.98. The van der Waals surface area contributed by atoms with Gasteiger partial charge in [0.15, 0.2) is 17.0 Å². The summed E-state index contributed by atoms with van der Waals surface area (Å²) in [5, 5.41) is 10.8. The fourth-order valence-electron chi connectivity index (χ4n) is 3.80. The largest absolute Gasteiger partial charge is 0.497 e. The highest BCUT2D eigenvalue weighted by Gasteiger charge is 2.36. The molecule has 194 valence electrons. The maximum atomic E-state index is 14.0. The molecule has 0 aliphatic carbocycles. The van der Waals surface area contributed by atoms with Gasteiger partial charge in [0.05, 0.1) is 31.2 Å². The van der Waals surface area contributed by atoms with Crippen LogP contribution in [0.5, 0.6) is 5.75 Å². The van der Waals surface area contributed by atoms with Crippen molar-refractivity contribution in [3.05, 3.63) is 94.0 Å². The first-order valence-electron chi connectivity index (χ1n) is 11.0. The van der Waals surface area contributed by atoms with Crippen LogP contribution in [-0.4, -0.2) is 37.4 Å². The number of ether oxygens (including phenoxy) is 1. The van der Waals surface area contributed by atoms with Gasteiger partial charge >= 0.3 is 6.18 Å². The molecule has 0 aliphatic rings. The Kier molecular flexibility index (Phi) is 6.72. The van der Waals surface area contributed by atoms with Crippen LogP contribution in [0, 0.1) is 0 Å². The number of alkyl halides is 3. The molecule has 0 atom stereocenters. The van der Waals surface area contributed by atoms with Crippen molar-refractivity contribution in [1.82, 2.24) is 24.4 Å². The number of aromatic nitrogens is 5. The Bertz CT molecular complexity index is 1660. The molecule has 0 unspecified atom stereocenters. The summed E-state index contributed by atoms with van der Waals surface area (Å²) in [7, 11) is 1.44. The number of halogens is 5. The number of methoxy groups -OCH3 is 1. The van der Waals surface area contributed by atoms with Crippen LogP contribution in [0.4, 0.5) is 18.9 Å². The molecule has 2 aromatic carbocycles. The molecule has 0 aliphatic heterocycles. The average Bonchev–Trinajstić information content (AvgIpc) is 3.46. The number of nitrogens with one attached hydrogen (secondary N) is 1. The summed E-state index contributed by atoms with van der Waals surface area (Å²) in [5.74, 6) is -0.382. The predicted molar refractivity (Wildman–Crippen MR) is 136 cm³/mol. The second kappa shape index (κ2) is 9.99. The van der Waals surface area contributed by atoms with Gasteiger partial charge in [-0.05, 0) is 35.9 Å². The molecular weight excluding hydrogens is 544 g/mol. The highest BCUT2D eigenvalue weighted by molar-refractivity contribution is 6.37. The second-order valence-electron chi connectivity index (χ2n) is 8.16. The summed E-state index contributed by atoms with van der Waals surface area (Å²) in [6.07, 6.45) is -1.85. The summed E-state index contributed by atoms with van der Waals surface area (Å²) >= 11 is 12.4. The molecule has 5 rings (SSSR count). The van der Waals surface area contributed by atoms with E-state index in [1.165, 1.54) is 19.4 Å². The number of rotatable bonds is 6. The number of hydrogen-bond donors (Lipinski definition) is 1. The number of fused-ring (bicyclic) bond motifs is 1. The van der Waals surface area contributed by atoms with Crippen LogP contribution in [0.3, 0.4) is 0 Å². The summed E-state index contributed by atoms with van der Waals surface area (Å²) in [5.41, 5.74) is -0.343. The lowest BCUT2D eigenvalue weighted by Gasteiger charge is -2.11. The van der Waals surface area contributed by atoms with Crippen molar-refractivity contribution in [2.45, 2.75) is 12.7 Å². The topological polar surface area (TPSA) is 86.3 Å². The minimum absolute atomic E-state index is 0.0141. The van der Waals surface area contributed by atoms with Crippen LogP contribution in [0.1, 0.15) is 21.7 Å². The highest BCUT2D eigenvalue weighted by Crippen LogP contribution is 2.35. The highest BCUT2D eigenvalue weighted by atomic mass is 35.5. The number of nitrogens with zero attached hydrogens (tertiary/aromatic N) is 5. The van der Waals surface area contributed by atoms with Gasteiger partial charge < -0.3 is 10.1 Å². The van der Waals surface area contributed by atoms with Crippen LogP contribution >= 0.6 is 23.2 Å². The van der Waals surface area contributed by atoms with Crippen molar-refractivity contribution in [2.24, 2.45) is 0 Å². The Morgan fingerprint density at radius 2 is 1.89 bits per heavy atom. The van der Waals surface area contributed by atoms with Crippen molar-refractivity contribution in [3.63, 3.8) is 0 Å². The van der Waals surface area contributed by atoms with Crippen molar-refractivity contribution >= 4 is 40.4 Å². The third kappa shape index (κ3) is 5.15. The fourth-order valence-corrected chi connectivity index (χ4v) is 4.25. The summed E-state index contributed by atoms with van der Waals surface area (Å²) in [6.45, 7) is 0.386. The fraction of sp³-hybridized carbons (Fsp3) is 0.120. The molecule has 5 aromatic rings. The van der Waals surface area contributed by atoms with Crippen molar-refractivity contribution in [3.8, 4) is 17.0 Å². The van der Waals surface area contributed by atoms with E-state index in [1.807, 2.05) is 6.07 Å². The summed E-state index contributed by atoms with van der Waals surface area (Å²) < 4.78 is 49.2. The van der Waals surface area contributed by atoms with Gasteiger partial charge in [-0.1, -0.05) is 47.5 Å². The SMILES string of the molecule is COc1cccc(-c2cc(C(F)(F)F)n3nc(C(=O)Nc4cnn(Cc5cccc(Cl)c5)c4)c(Cl)c3n2)c1. The van der Waals surface area contributed by atoms with Gasteiger partial charge in [-0.15, -0.1) is 0 Å². The van der Waals surface area contributed by atoms with E-state index in [0.717, 1.165) is 11.6 Å². The first-order valence-corrected chi connectivity index (χ1v) is 11.8. The van der Waals surface area contributed by atoms with Crippen LogP contribution in [-0.2, 0) is 12.7 Å².